The fraction of sp³-hybridized carbons (Fsp3) is 0.467. The molecule has 1 aromatic heterocycles. The zero-order valence-electron chi connectivity index (χ0n) is 12.6. The molecule has 108 valence electrons. The zero-order valence-corrected chi connectivity index (χ0v) is 12.6. The number of para-hydroxylation sites is 1. The summed E-state index contributed by atoms with van der Waals surface area (Å²) in [6.07, 6.45) is 0. The molecular weight excluding hydrogens is 252 g/mol. The van der Waals surface area contributed by atoms with Crippen LogP contribution in [0, 0.1) is 0 Å². The third-order valence-electron chi connectivity index (χ3n) is 2.84. The second-order valence-electron chi connectivity index (χ2n) is 5.66. The largest absolute Gasteiger partial charge is 0.406 e. The highest BCUT2D eigenvalue weighted by atomic mass is 16.4. The van der Waals surface area contributed by atoms with Crippen molar-refractivity contribution in [2.75, 3.05) is 11.4 Å². The topological polar surface area (TPSA) is 54.2 Å². The molecule has 0 fully saturated rings. The molecule has 5 heteroatoms. The summed E-state index contributed by atoms with van der Waals surface area (Å²) in [4.78, 5) is 1.99. The summed E-state index contributed by atoms with van der Waals surface area (Å²) in [5.74, 6) is 0.601. The van der Waals surface area contributed by atoms with Crippen LogP contribution in [0.4, 0.5) is 11.7 Å². The van der Waals surface area contributed by atoms with Crippen LogP contribution in [0.1, 0.15) is 33.6 Å². The fourth-order valence-electron chi connectivity index (χ4n) is 1.80. The lowest BCUT2D eigenvalue weighted by Gasteiger charge is -2.19. The fourth-order valence-corrected chi connectivity index (χ4v) is 1.80. The molecule has 1 heterocycles. The first kappa shape index (κ1) is 14.5. The summed E-state index contributed by atoms with van der Waals surface area (Å²) in [5, 5.41) is 11.6. The highest BCUT2D eigenvalue weighted by Gasteiger charge is 2.16. The van der Waals surface area contributed by atoms with Crippen LogP contribution in [0.2, 0.25) is 0 Å². The SMILES string of the molecule is CCN(c1ccccc1)c1nnc(CNC(C)(C)C)o1. The Bertz CT molecular complexity index is 530. The van der Waals surface area contributed by atoms with Crippen LogP contribution in [-0.4, -0.2) is 22.3 Å². The Morgan fingerprint density at radius 3 is 2.45 bits per heavy atom. The minimum absolute atomic E-state index is 0.0263. The van der Waals surface area contributed by atoms with E-state index in [0.29, 0.717) is 18.5 Å². The summed E-state index contributed by atoms with van der Waals surface area (Å²) >= 11 is 0. The van der Waals surface area contributed by atoms with Crippen molar-refractivity contribution in [3.63, 3.8) is 0 Å². The highest BCUT2D eigenvalue weighted by Crippen LogP contribution is 2.23. The molecule has 0 unspecified atom stereocenters. The molecule has 0 aliphatic rings. The molecular formula is C15H22N4O. The summed E-state index contributed by atoms with van der Waals surface area (Å²) in [5.41, 5.74) is 1.08. The first-order chi connectivity index (χ1) is 9.49. The molecule has 0 bridgehead atoms. The van der Waals surface area contributed by atoms with E-state index >= 15 is 0 Å². The standard InChI is InChI=1S/C15H22N4O/c1-5-19(12-9-7-6-8-10-12)14-18-17-13(20-14)11-16-15(2,3)4/h6-10,16H,5,11H2,1-4H3. The lowest BCUT2D eigenvalue weighted by molar-refractivity contribution is 0.382. The highest BCUT2D eigenvalue weighted by molar-refractivity contribution is 5.55. The molecule has 0 spiro atoms. The van der Waals surface area contributed by atoms with Crippen molar-refractivity contribution < 1.29 is 4.42 Å². The zero-order chi connectivity index (χ0) is 14.6. The van der Waals surface area contributed by atoms with Gasteiger partial charge in [0.05, 0.1) is 6.54 Å². The lowest BCUT2D eigenvalue weighted by atomic mass is 10.1. The number of benzene rings is 1. The molecule has 0 aliphatic carbocycles. The van der Waals surface area contributed by atoms with Gasteiger partial charge in [0.25, 0.3) is 0 Å². The Kier molecular flexibility index (Phi) is 4.39. The molecule has 0 aliphatic heterocycles. The number of anilines is 2. The van der Waals surface area contributed by atoms with Crippen LogP contribution in [-0.2, 0) is 6.54 Å². The quantitative estimate of drug-likeness (QED) is 0.908. The maximum atomic E-state index is 5.73. The van der Waals surface area contributed by atoms with Gasteiger partial charge in [0, 0.05) is 17.8 Å². The van der Waals surface area contributed by atoms with E-state index in [1.165, 1.54) is 0 Å². The first-order valence-electron chi connectivity index (χ1n) is 6.89. The van der Waals surface area contributed by atoms with Crippen LogP contribution in [0.25, 0.3) is 0 Å². The first-order valence-corrected chi connectivity index (χ1v) is 6.89. The smallest absolute Gasteiger partial charge is 0.322 e. The Balaban J connectivity index is 2.11. The van der Waals surface area contributed by atoms with E-state index in [9.17, 15) is 0 Å². The Hall–Kier alpha value is -1.88. The minimum Gasteiger partial charge on any atom is -0.406 e. The molecule has 0 radical (unpaired) electrons. The van der Waals surface area contributed by atoms with E-state index < -0.39 is 0 Å². The van der Waals surface area contributed by atoms with Crippen molar-refractivity contribution in [3.8, 4) is 0 Å². The van der Waals surface area contributed by atoms with Crippen molar-refractivity contribution in [1.29, 1.82) is 0 Å². The van der Waals surface area contributed by atoms with Crippen LogP contribution in [0.3, 0.4) is 0 Å². The lowest BCUT2D eigenvalue weighted by Crippen LogP contribution is -2.35. The molecule has 5 nitrogen and oxygen atoms in total. The normalized spacial score (nSPS) is 11.6. The minimum atomic E-state index is 0.0263. The van der Waals surface area contributed by atoms with Gasteiger partial charge in [0.15, 0.2) is 0 Å². The molecule has 0 atom stereocenters. The van der Waals surface area contributed by atoms with Gasteiger partial charge in [-0.1, -0.05) is 23.3 Å². The van der Waals surface area contributed by atoms with E-state index in [1.807, 2.05) is 35.2 Å². The van der Waals surface area contributed by atoms with Crippen molar-refractivity contribution >= 4 is 11.7 Å². The molecule has 20 heavy (non-hydrogen) atoms. The van der Waals surface area contributed by atoms with E-state index in [0.717, 1.165) is 12.2 Å². The van der Waals surface area contributed by atoms with Gasteiger partial charge in [-0.15, -0.1) is 5.10 Å². The second-order valence-corrected chi connectivity index (χ2v) is 5.66. The molecule has 0 saturated heterocycles. The van der Waals surface area contributed by atoms with Gasteiger partial charge in [0.2, 0.25) is 5.89 Å². The average molecular weight is 274 g/mol. The maximum Gasteiger partial charge on any atom is 0.322 e. The van der Waals surface area contributed by atoms with Crippen LogP contribution in [0.15, 0.2) is 34.7 Å². The van der Waals surface area contributed by atoms with Gasteiger partial charge in [-0.3, -0.25) is 4.90 Å². The summed E-state index contributed by atoms with van der Waals surface area (Å²) < 4.78 is 5.73. The van der Waals surface area contributed by atoms with E-state index in [1.54, 1.807) is 0 Å². The van der Waals surface area contributed by atoms with Crippen molar-refractivity contribution in [2.45, 2.75) is 39.8 Å². The Morgan fingerprint density at radius 2 is 1.85 bits per heavy atom. The van der Waals surface area contributed by atoms with E-state index in [4.69, 9.17) is 4.42 Å². The van der Waals surface area contributed by atoms with Gasteiger partial charge in [0.1, 0.15) is 0 Å². The summed E-state index contributed by atoms with van der Waals surface area (Å²) in [6.45, 7) is 9.72. The molecule has 0 amide bonds. The summed E-state index contributed by atoms with van der Waals surface area (Å²) in [6, 6.07) is 10.6. The number of aromatic nitrogens is 2. The molecule has 1 aromatic carbocycles. The van der Waals surface area contributed by atoms with Gasteiger partial charge in [-0.25, -0.2) is 0 Å². The van der Waals surface area contributed by atoms with Crippen LogP contribution < -0.4 is 10.2 Å². The molecule has 0 saturated carbocycles. The summed E-state index contributed by atoms with van der Waals surface area (Å²) in [7, 11) is 0. The predicted octanol–water partition coefficient (Wildman–Crippen LogP) is 3.12. The van der Waals surface area contributed by atoms with Crippen molar-refractivity contribution in [1.82, 2.24) is 15.5 Å². The third kappa shape index (κ3) is 3.81. The number of nitrogens with zero attached hydrogens (tertiary/aromatic N) is 3. The van der Waals surface area contributed by atoms with Crippen molar-refractivity contribution in [2.24, 2.45) is 0 Å². The van der Waals surface area contributed by atoms with Crippen molar-refractivity contribution in [3.05, 3.63) is 36.2 Å². The predicted molar refractivity (Wildman–Crippen MR) is 80.0 cm³/mol. The van der Waals surface area contributed by atoms with Gasteiger partial charge in [-0.2, -0.15) is 0 Å². The van der Waals surface area contributed by atoms with Gasteiger partial charge < -0.3 is 9.73 Å². The number of hydrogen-bond acceptors (Lipinski definition) is 5. The Labute approximate surface area is 120 Å². The number of nitrogens with one attached hydrogen (secondary N) is 1. The average Bonchev–Trinajstić information content (AvgIpc) is 2.87. The third-order valence-corrected chi connectivity index (χ3v) is 2.84. The van der Waals surface area contributed by atoms with Gasteiger partial charge >= 0.3 is 6.01 Å². The van der Waals surface area contributed by atoms with Crippen LogP contribution >= 0.6 is 0 Å². The van der Waals surface area contributed by atoms with Crippen LogP contribution in [0.5, 0.6) is 0 Å². The monoisotopic (exact) mass is 274 g/mol. The number of rotatable bonds is 5. The Morgan fingerprint density at radius 1 is 1.15 bits per heavy atom. The maximum absolute atomic E-state index is 5.73. The second kappa shape index (κ2) is 6.05. The molecule has 1 N–H and O–H groups in total. The number of hydrogen-bond donors (Lipinski definition) is 1. The van der Waals surface area contributed by atoms with Gasteiger partial charge in [-0.05, 0) is 39.8 Å². The van der Waals surface area contributed by atoms with E-state index in [-0.39, 0.29) is 5.54 Å². The van der Waals surface area contributed by atoms with E-state index in [2.05, 4.69) is 43.2 Å². The molecule has 2 aromatic rings. The molecule has 2 rings (SSSR count).